The van der Waals surface area contributed by atoms with Gasteiger partial charge in [0.05, 0.1) is 0 Å². The van der Waals surface area contributed by atoms with E-state index in [0.717, 1.165) is 19.3 Å². The van der Waals surface area contributed by atoms with Gasteiger partial charge in [0, 0.05) is 18.3 Å². The maximum atomic E-state index is 6.40. The Morgan fingerprint density at radius 1 is 0.818 bits per heavy atom. The maximum Gasteiger partial charge on any atom is 0.344 e. The summed E-state index contributed by atoms with van der Waals surface area (Å²) in [6.07, 6.45) is 9.21. The number of hydrogen-bond donors (Lipinski definition) is 0. The quantitative estimate of drug-likeness (QED) is 0.261. The lowest BCUT2D eigenvalue weighted by Crippen LogP contribution is -2.54. The highest BCUT2D eigenvalue weighted by Gasteiger charge is 2.53. The average molecular weight is 331 g/mol. The minimum absolute atomic E-state index is 0.164. The zero-order valence-corrected chi connectivity index (χ0v) is 17.5. The SMILES string of the molecule is CCCCCCCC[Si](OCC)(OCC)C(C)(C)C(C)CC. The van der Waals surface area contributed by atoms with E-state index in [0.29, 0.717) is 5.92 Å². The molecule has 0 spiro atoms. The van der Waals surface area contributed by atoms with Gasteiger partial charge in [-0.1, -0.05) is 79.6 Å². The summed E-state index contributed by atoms with van der Waals surface area (Å²) in [5.74, 6) is 0.636. The van der Waals surface area contributed by atoms with Crippen LogP contribution in [0.25, 0.3) is 0 Å². The molecule has 0 bridgehead atoms. The summed E-state index contributed by atoms with van der Waals surface area (Å²) in [5.41, 5.74) is 0. The van der Waals surface area contributed by atoms with Crippen LogP contribution < -0.4 is 0 Å². The Hall–Kier alpha value is 0.137. The highest BCUT2D eigenvalue weighted by molar-refractivity contribution is 6.70. The smallest absolute Gasteiger partial charge is 0.344 e. The molecule has 0 saturated carbocycles. The third-order valence-corrected chi connectivity index (χ3v) is 10.4. The zero-order chi connectivity index (χ0) is 17.1. The van der Waals surface area contributed by atoms with E-state index in [1.54, 1.807) is 0 Å². The Bertz CT molecular complexity index is 260. The van der Waals surface area contributed by atoms with Gasteiger partial charge in [-0.05, 0) is 25.8 Å². The molecule has 1 unspecified atom stereocenters. The van der Waals surface area contributed by atoms with E-state index >= 15 is 0 Å². The topological polar surface area (TPSA) is 18.5 Å². The predicted molar refractivity (Wildman–Crippen MR) is 101 cm³/mol. The van der Waals surface area contributed by atoms with Crippen LogP contribution in [0, 0.1) is 5.92 Å². The molecule has 3 heteroatoms. The molecule has 0 rings (SSSR count). The van der Waals surface area contributed by atoms with Crippen molar-refractivity contribution in [2.75, 3.05) is 13.2 Å². The molecular weight excluding hydrogens is 288 g/mol. The average Bonchev–Trinajstić information content (AvgIpc) is 2.49. The van der Waals surface area contributed by atoms with E-state index in [2.05, 4.69) is 48.5 Å². The van der Waals surface area contributed by atoms with Crippen LogP contribution in [-0.4, -0.2) is 21.8 Å². The Labute approximate surface area is 141 Å². The van der Waals surface area contributed by atoms with Gasteiger partial charge >= 0.3 is 8.56 Å². The highest BCUT2D eigenvalue weighted by atomic mass is 28.4. The van der Waals surface area contributed by atoms with Gasteiger partial charge in [0.25, 0.3) is 0 Å². The summed E-state index contributed by atoms with van der Waals surface area (Å²) in [6, 6.07) is 1.15. The molecule has 0 radical (unpaired) electrons. The lowest BCUT2D eigenvalue weighted by atomic mass is 9.94. The number of rotatable bonds is 14. The van der Waals surface area contributed by atoms with Crippen molar-refractivity contribution in [3.8, 4) is 0 Å². The van der Waals surface area contributed by atoms with Crippen molar-refractivity contribution in [3.63, 3.8) is 0 Å². The molecular formula is C19H42O2Si. The van der Waals surface area contributed by atoms with Crippen molar-refractivity contribution < 1.29 is 8.85 Å². The molecule has 0 aromatic heterocycles. The summed E-state index contributed by atoms with van der Waals surface area (Å²) >= 11 is 0. The molecule has 0 aromatic rings. The van der Waals surface area contributed by atoms with Crippen molar-refractivity contribution in [2.24, 2.45) is 5.92 Å². The Balaban J connectivity index is 4.84. The summed E-state index contributed by atoms with van der Waals surface area (Å²) in [7, 11) is -2.18. The van der Waals surface area contributed by atoms with Gasteiger partial charge in [0.15, 0.2) is 0 Å². The molecule has 0 aromatic carbocycles. The van der Waals surface area contributed by atoms with Gasteiger partial charge < -0.3 is 8.85 Å². The molecule has 22 heavy (non-hydrogen) atoms. The number of unbranched alkanes of at least 4 members (excludes halogenated alkanes) is 5. The first kappa shape index (κ1) is 22.1. The van der Waals surface area contributed by atoms with Crippen LogP contribution in [0.3, 0.4) is 0 Å². The molecule has 0 amide bonds. The van der Waals surface area contributed by atoms with Gasteiger partial charge in [-0.3, -0.25) is 0 Å². The fraction of sp³-hybridized carbons (Fsp3) is 1.00. The summed E-state index contributed by atoms with van der Waals surface area (Å²) < 4.78 is 12.8. The molecule has 0 saturated heterocycles. The summed E-state index contributed by atoms with van der Waals surface area (Å²) in [5, 5.41) is 0.164. The predicted octanol–water partition coefficient (Wildman–Crippen LogP) is 6.69. The molecule has 0 heterocycles. The van der Waals surface area contributed by atoms with Crippen molar-refractivity contribution in [3.05, 3.63) is 0 Å². The van der Waals surface area contributed by atoms with Crippen molar-refractivity contribution in [1.82, 2.24) is 0 Å². The second kappa shape index (κ2) is 11.6. The van der Waals surface area contributed by atoms with E-state index in [1.807, 2.05) is 0 Å². The second-order valence-electron chi connectivity index (χ2n) is 7.17. The van der Waals surface area contributed by atoms with Crippen LogP contribution in [0.15, 0.2) is 0 Å². The van der Waals surface area contributed by atoms with Crippen LogP contribution in [0.5, 0.6) is 0 Å². The largest absolute Gasteiger partial charge is 0.394 e. The highest BCUT2D eigenvalue weighted by Crippen LogP contribution is 2.49. The molecule has 134 valence electrons. The lowest BCUT2D eigenvalue weighted by Gasteiger charge is -2.46. The third-order valence-electron chi connectivity index (χ3n) is 5.44. The van der Waals surface area contributed by atoms with E-state index in [4.69, 9.17) is 8.85 Å². The molecule has 1 atom stereocenters. The summed E-state index contributed by atoms with van der Waals surface area (Å²) in [6.45, 7) is 17.5. The first-order chi connectivity index (χ1) is 10.4. The maximum absolute atomic E-state index is 6.40. The molecule has 2 nitrogen and oxygen atoms in total. The lowest BCUT2D eigenvalue weighted by molar-refractivity contribution is 0.140. The van der Waals surface area contributed by atoms with Gasteiger partial charge in [0.1, 0.15) is 0 Å². The Kier molecular flexibility index (Phi) is 11.7. The zero-order valence-electron chi connectivity index (χ0n) is 16.5. The van der Waals surface area contributed by atoms with Crippen LogP contribution in [0.4, 0.5) is 0 Å². The van der Waals surface area contributed by atoms with Gasteiger partial charge in [0.2, 0.25) is 0 Å². The standard InChI is InChI=1S/C19H42O2Si/c1-8-12-13-14-15-16-17-22(20-10-3,21-11-4)19(6,7)18(5)9-2/h18H,8-17H2,1-7H3. The van der Waals surface area contributed by atoms with E-state index in [-0.39, 0.29) is 5.04 Å². The summed E-state index contributed by atoms with van der Waals surface area (Å²) in [4.78, 5) is 0. The van der Waals surface area contributed by atoms with Gasteiger partial charge in [-0.2, -0.15) is 0 Å². The van der Waals surface area contributed by atoms with E-state index in [1.165, 1.54) is 44.9 Å². The second-order valence-corrected chi connectivity index (χ2v) is 11.0. The normalized spacial score (nSPS) is 14.3. The van der Waals surface area contributed by atoms with Crippen molar-refractivity contribution >= 4 is 8.56 Å². The fourth-order valence-electron chi connectivity index (χ4n) is 3.37. The van der Waals surface area contributed by atoms with Crippen molar-refractivity contribution in [2.45, 2.75) is 104 Å². The number of hydrogen-bond acceptors (Lipinski definition) is 2. The van der Waals surface area contributed by atoms with Crippen LogP contribution >= 0.6 is 0 Å². The van der Waals surface area contributed by atoms with Crippen LogP contribution in [-0.2, 0) is 8.85 Å². The monoisotopic (exact) mass is 330 g/mol. The molecule has 0 N–H and O–H groups in total. The van der Waals surface area contributed by atoms with E-state index in [9.17, 15) is 0 Å². The fourth-order valence-corrected chi connectivity index (χ4v) is 7.73. The molecule has 0 aliphatic heterocycles. The first-order valence-corrected chi connectivity index (χ1v) is 11.7. The van der Waals surface area contributed by atoms with Crippen molar-refractivity contribution in [1.29, 1.82) is 0 Å². The third kappa shape index (κ3) is 6.33. The van der Waals surface area contributed by atoms with Gasteiger partial charge in [-0.25, -0.2) is 0 Å². The Morgan fingerprint density at radius 2 is 1.32 bits per heavy atom. The minimum Gasteiger partial charge on any atom is -0.394 e. The van der Waals surface area contributed by atoms with Crippen LogP contribution in [0.2, 0.25) is 11.1 Å². The molecule has 0 aliphatic carbocycles. The minimum atomic E-state index is -2.18. The molecule has 0 aliphatic rings. The first-order valence-electron chi connectivity index (χ1n) is 9.69. The Morgan fingerprint density at radius 3 is 1.77 bits per heavy atom. The van der Waals surface area contributed by atoms with Gasteiger partial charge in [-0.15, -0.1) is 0 Å². The van der Waals surface area contributed by atoms with Crippen LogP contribution in [0.1, 0.15) is 93.4 Å². The molecule has 0 fully saturated rings. The van der Waals surface area contributed by atoms with E-state index < -0.39 is 8.56 Å².